The average Bonchev–Trinajstić information content (AvgIpc) is 3.35. The number of hydrogen-bond acceptors (Lipinski definition) is 8. The first-order chi connectivity index (χ1) is 33.8. The van der Waals surface area contributed by atoms with E-state index in [0.717, 1.165) is 64.2 Å². The van der Waals surface area contributed by atoms with Crippen molar-refractivity contribution in [3.8, 4) is 0 Å². The summed E-state index contributed by atoms with van der Waals surface area (Å²) in [6, 6.07) is -0.833. The van der Waals surface area contributed by atoms with Crippen LogP contribution in [-0.4, -0.2) is 87.5 Å². The zero-order chi connectivity index (χ0) is 50.1. The molecule has 9 heteroatoms. The van der Waals surface area contributed by atoms with Gasteiger partial charge in [-0.25, -0.2) is 0 Å². The Bertz CT molecular complexity index is 1270. The molecule has 0 aliphatic carbocycles. The van der Waals surface area contributed by atoms with Crippen molar-refractivity contribution >= 4 is 5.91 Å². The molecule has 0 aromatic carbocycles. The molecule has 0 radical (unpaired) electrons. The second-order valence-electron chi connectivity index (χ2n) is 20.1. The summed E-state index contributed by atoms with van der Waals surface area (Å²) in [5.41, 5.74) is 0. The second-order valence-corrected chi connectivity index (χ2v) is 20.1. The van der Waals surface area contributed by atoms with Crippen LogP contribution in [0.4, 0.5) is 0 Å². The summed E-state index contributed by atoms with van der Waals surface area (Å²) in [6.45, 7) is 3.76. The quantitative estimate of drug-likeness (QED) is 0.0261. The summed E-state index contributed by atoms with van der Waals surface area (Å²) in [4.78, 5) is 13.0. The van der Waals surface area contributed by atoms with Crippen LogP contribution in [-0.2, 0) is 14.3 Å². The van der Waals surface area contributed by atoms with Gasteiger partial charge >= 0.3 is 0 Å². The van der Waals surface area contributed by atoms with E-state index < -0.39 is 49.5 Å². The molecule has 0 spiro atoms. The number of carbonyl (C=O) groups excluding carboxylic acids is 1. The van der Waals surface area contributed by atoms with Crippen molar-refractivity contribution in [3.63, 3.8) is 0 Å². The lowest BCUT2D eigenvalue weighted by atomic mass is 9.99. The van der Waals surface area contributed by atoms with Crippen LogP contribution in [0.1, 0.15) is 258 Å². The number of aliphatic hydroxyl groups is 5. The third kappa shape index (κ3) is 39.1. The zero-order valence-corrected chi connectivity index (χ0v) is 44.6. The van der Waals surface area contributed by atoms with E-state index >= 15 is 0 Å². The van der Waals surface area contributed by atoms with E-state index in [1.165, 1.54) is 173 Å². The molecule has 0 saturated carbocycles. The van der Waals surface area contributed by atoms with Gasteiger partial charge in [-0.3, -0.25) is 4.79 Å². The van der Waals surface area contributed by atoms with Gasteiger partial charge in [0.2, 0.25) is 5.91 Å². The Kier molecular flexibility index (Phi) is 46.5. The fourth-order valence-electron chi connectivity index (χ4n) is 8.93. The molecule has 1 rings (SSSR count). The third-order valence-corrected chi connectivity index (χ3v) is 13.5. The van der Waals surface area contributed by atoms with E-state index in [1.54, 1.807) is 6.08 Å². The molecule has 9 nitrogen and oxygen atoms in total. The summed E-state index contributed by atoms with van der Waals surface area (Å²) >= 11 is 0. The first kappa shape index (κ1) is 64.9. The molecule has 7 atom stereocenters. The number of rotatable bonds is 49. The van der Waals surface area contributed by atoms with Crippen LogP contribution in [0.2, 0.25) is 0 Å². The molecule has 1 saturated heterocycles. The van der Waals surface area contributed by atoms with Gasteiger partial charge in [0.15, 0.2) is 6.29 Å². The molecule has 1 amide bonds. The first-order valence-electron chi connectivity index (χ1n) is 29.0. The van der Waals surface area contributed by atoms with Crippen LogP contribution in [0.3, 0.4) is 0 Å². The van der Waals surface area contributed by atoms with Crippen molar-refractivity contribution in [1.82, 2.24) is 5.32 Å². The highest BCUT2D eigenvalue weighted by Crippen LogP contribution is 2.23. The highest BCUT2D eigenvalue weighted by atomic mass is 16.7. The van der Waals surface area contributed by atoms with Crippen LogP contribution < -0.4 is 5.32 Å². The lowest BCUT2D eigenvalue weighted by molar-refractivity contribution is -0.302. The normalized spacial score (nSPS) is 19.9. The van der Waals surface area contributed by atoms with Crippen molar-refractivity contribution in [2.75, 3.05) is 13.2 Å². The van der Waals surface area contributed by atoms with E-state index in [1.807, 2.05) is 6.08 Å². The molecular weight excluding hydrogens is 863 g/mol. The molecule has 6 N–H and O–H groups in total. The Morgan fingerprint density at radius 3 is 1.30 bits per heavy atom. The minimum absolute atomic E-state index is 0.195. The average molecular weight is 973 g/mol. The molecule has 7 unspecified atom stereocenters. The van der Waals surface area contributed by atoms with E-state index in [0.29, 0.717) is 6.42 Å². The summed E-state index contributed by atoms with van der Waals surface area (Å²) in [5, 5.41) is 54.5. The second kappa shape index (κ2) is 49.5. The predicted octanol–water partition coefficient (Wildman–Crippen LogP) is 14.3. The van der Waals surface area contributed by atoms with E-state index in [2.05, 4.69) is 67.8 Å². The molecule has 1 aliphatic heterocycles. The van der Waals surface area contributed by atoms with Crippen LogP contribution in [0, 0.1) is 0 Å². The highest BCUT2D eigenvalue weighted by molar-refractivity contribution is 5.76. The summed E-state index contributed by atoms with van der Waals surface area (Å²) in [7, 11) is 0. The fraction of sp³-hybridized carbons (Fsp3) is 0.817. The van der Waals surface area contributed by atoms with Crippen LogP contribution in [0.25, 0.3) is 0 Å². The van der Waals surface area contributed by atoms with E-state index in [9.17, 15) is 30.3 Å². The minimum atomic E-state index is -1.58. The Balaban J connectivity index is 2.28. The van der Waals surface area contributed by atoms with Gasteiger partial charge < -0.3 is 40.3 Å². The van der Waals surface area contributed by atoms with E-state index in [4.69, 9.17) is 9.47 Å². The SMILES string of the molecule is CCCCCCC/C=C\C/C=C\CCCCCCCCCCCC(=O)NC(COC1OC(CO)C(O)C(O)C1O)C(O)/C=C/CC/C=C/CC/C=C/CCCCCCCCCCCCCCCCC. The standard InChI is InChI=1S/C60H109NO8/c1-3-5-7-9-11-13-15-17-19-21-23-25-26-27-28-30-31-33-35-37-39-41-43-45-47-49-54(63)53(52-68-60-59(67)58(66)57(65)55(51-62)69-60)61-56(64)50-48-46-44-42-40-38-36-34-32-29-24-22-20-18-16-14-12-10-8-6-4-2/h16,18,22,24,31,33,39,41,47,49,53-55,57-60,62-63,65-67H,3-15,17,19-21,23,25-30,32,34-38,40,42-46,48,50-52H2,1-2H3,(H,61,64)/b18-16-,24-22-,33-31+,41-39+,49-47+. The van der Waals surface area contributed by atoms with E-state index in [-0.39, 0.29) is 12.5 Å². The Hall–Kier alpha value is -2.11. The number of unbranched alkanes of at least 4 members (excludes halogenated alkanes) is 31. The van der Waals surface area contributed by atoms with Gasteiger partial charge in [-0.05, 0) is 77.0 Å². The molecule has 69 heavy (non-hydrogen) atoms. The Labute approximate surface area is 424 Å². The number of ether oxygens (including phenoxy) is 2. The van der Waals surface area contributed by atoms with Gasteiger partial charge in [0.25, 0.3) is 0 Å². The smallest absolute Gasteiger partial charge is 0.220 e. The molecular formula is C60H109NO8. The van der Waals surface area contributed by atoms with Crippen LogP contribution in [0.15, 0.2) is 60.8 Å². The van der Waals surface area contributed by atoms with Gasteiger partial charge in [0, 0.05) is 6.42 Å². The Morgan fingerprint density at radius 1 is 0.493 bits per heavy atom. The number of amides is 1. The zero-order valence-electron chi connectivity index (χ0n) is 44.6. The minimum Gasteiger partial charge on any atom is -0.394 e. The van der Waals surface area contributed by atoms with Gasteiger partial charge in [0.1, 0.15) is 24.4 Å². The maximum absolute atomic E-state index is 13.0. The highest BCUT2D eigenvalue weighted by Gasteiger charge is 2.44. The summed E-state index contributed by atoms with van der Waals surface area (Å²) in [6.07, 6.45) is 60.0. The molecule has 0 bridgehead atoms. The number of carbonyl (C=O) groups is 1. The predicted molar refractivity (Wildman–Crippen MR) is 290 cm³/mol. The molecule has 402 valence electrons. The number of hydrogen-bond donors (Lipinski definition) is 6. The number of aliphatic hydroxyl groups excluding tert-OH is 5. The Morgan fingerprint density at radius 2 is 0.870 bits per heavy atom. The maximum Gasteiger partial charge on any atom is 0.220 e. The number of allylic oxidation sites excluding steroid dienone is 9. The fourth-order valence-corrected chi connectivity index (χ4v) is 8.93. The van der Waals surface area contributed by atoms with Crippen LogP contribution in [0.5, 0.6) is 0 Å². The van der Waals surface area contributed by atoms with Crippen LogP contribution >= 0.6 is 0 Å². The monoisotopic (exact) mass is 972 g/mol. The molecule has 0 aromatic rings. The third-order valence-electron chi connectivity index (χ3n) is 13.5. The molecule has 0 aromatic heterocycles. The van der Waals surface area contributed by atoms with Crippen molar-refractivity contribution in [2.45, 2.75) is 301 Å². The van der Waals surface area contributed by atoms with Crippen molar-refractivity contribution in [1.29, 1.82) is 0 Å². The number of nitrogens with one attached hydrogen (secondary N) is 1. The topological polar surface area (TPSA) is 149 Å². The van der Waals surface area contributed by atoms with Gasteiger partial charge in [-0.15, -0.1) is 0 Å². The molecule has 1 heterocycles. The van der Waals surface area contributed by atoms with Gasteiger partial charge in [0.05, 0.1) is 25.4 Å². The maximum atomic E-state index is 13.0. The van der Waals surface area contributed by atoms with Crippen molar-refractivity contribution in [2.24, 2.45) is 0 Å². The summed E-state index contributed by atoms with van der Waals surface area (Å²) < 4.78 is 11.3. The lowest BCUT2D eigenvalue weighted by Gasteiger charge is -2.40. The van der Waals surface area contributed by atoms with Crippen molar-refractivity contribution in [3.05, 3.63) is 60.8 Å². The van der Waals surface area contributed by atoms with Gasteiger partial charge in [-0.1, -0.05) is 235 Å². The van der Waals surface area contributed by atoms with Gasteiger partial charge in [-0.2, -0.15) is 0 Å². The van der Waals surface area contributed by atoms with Crippen molar-refractivity contribution < 1.29 is 39.8 Å². The molecule has 1 fully saturated rings. The molecule has 1 aliphatic rings. The lowest BCUT2D eigenvalue weighted by Crippen LogP contribution is -2.60. The first-order valence-corrected chi connectivity index (χ1v) is 29.0. The largest absolute Gasteiger partial charge is 0.394 e. The summed E-state index contributed by atoms with van der Waals surface area (Å²) in [5.74, 6) is -0.195.